The van der Waals surface area contributed by atoms with Crippen molar-refractivity contribution < 1.29 is 14.0 Å². The van der Waals surface area contributed by atoms with E-state index in [0.29, 0.717) is 24.3 Å². The number of anilines is 2. The first-order valence-electron chi connectivity index (χ1n) is 7.64. The molecule has 0 saturated heterocycles. The highest BCUT2D eigenvalue weighted by molar-refractivity contribution is 6.01. The second kappa shape index (κ2) is 7.08. The summed E-state index contributed by atoms with van der Waals surface area (Å²) in [5.74, 6) is -1.64. The third-order valence-corrected chi connectivity index (χ3v) is 3.78. The molecule has 1 aromatic carbocycles. The molecule has 3 N–H and O–H groups in total. The lowest BCUT2D eigenvalue weighted by atomic mass is 9.89. The fraction of sp³-hybridized carbons (Fsp3) is 0.235. The predicted molar refractivity (Wildman–Crippen MR) is 88.1 cm³/mol. The second-order valence-electron chi connectivity index (χ2n) is 5.50. The fourth-order valence-corrected chi connectivity index (χ4v) is 2.65. The molecule has 7 heteroatoms. The topological polar surface area (TPSA) is 83.1 Å². The number of nitrogens with one attached hydrogen (secondary N) is 3. The molecule has 24 heavy (non-hydrogen) atoms. The van der Waals surface area contributed by atoms with E-state index < -0.39 is 11.7 Å². The predicted octanol–water partition coefficient (Wildman–Crippen LogP) is 1.87. The van der Waals surface area contributed by atoms with Gasteiger partial charge in [0.25, 0.3) is 0 Å². The molecule has 3 rings (SSSR count). The van der Waals surface area contributed by atoms with Gasteiger partial charge >= 0.3 is 0 Å². The van der Waals surface area contributed by atoms with Crippen molar-refractivity contribution in [3.05, 3.63) is 54.1 Å². The van der Waals surface area contributed by atoms with Gasteiger partial charge in [0, 0.05) is 37.6 Å². The molecule has 0 radical (unpaired) electrons. The average Bonchev–Trinajstić information content (AvgIpc) is 2.59. The lowest BCUT2D eigenvalue weighted by molar-refractivity contribution is -0.126. The number of benzene rings is 1. The number of fused-ring (bicyclic) bond motifs is 1. The van der Waals surface area contributed by atoms with Crippen LogP contribution in [0.5, 0.6) is 0 Å². The number of carbonyl (C=O) groups excluding carboxylic acids is 2. The molecule has 1 aromatic heterocycles. The minimum absolute atomic E-state index is 0.0122. The standard InChI is InChI=1S/C17H17FN4O2/c18-11-3-4-15-13(8-11)14(9-16(23)22-15)17(24)21-7-6-20-12-2-1-5-19-10-12/h1-5,8,10,14,20H,6-7,9H2,(H,21,24)(H,22,23)/t14-/m0/s1. The largest absolute Gasteiger partial charge is 0.382 e. The molecule has 0 aliphatic carbocycles. The summed E-state index contributed by atoms with van der Waals surface area (Å²) in [5, 5.41) is 8.56. The summed E-state index contributed by atoms with van der Waals surface area (Å²) in [7, 11) is 0. The summed E-state index contributed by atoms with van der Waals surface area (Å²) < 4.78 is 13.5. The Bertz CT molecular complexity index is 752. The highest BCUT2D eigenvalue weighted by Crippen LogP contribution is 2.32. The van der Waals surface area contributed by atoms with Crippen LogP contribution in [0.1, 0.15) is 17.9 Å². The van der Waals surface area contributed by atoms with E-state index in [2.05, 4.69) is 20.9 Å². The lowest BCUT2D eigenvalue weighted by Gasteiger charge is -2.25. The van der Waals surface area contributed by atoms with Crippen LogP contribution in [0.4, 0.5) is 15.8 Å². The van der Waals surface area contributed by atoms with Crippen LogP contribution in [0.3, 0.4) is 0 Å². The highest BCUT2D eigenvalue weighted by Gasteiger charge is 2.30. The van der Waals surface area contributed by atoms with Crippen molar-refractivity contribution in [2.24, 2.45) is 0 Å². The molecule has 0 fully saturated rings. The molecule has 0 spiro atoms. The van der Waals surface area contributed by atoms with Crippen molar-refractivity contribution in [1.82, 2.24) is 10.3 Å². The van der Waals surface area contributed by atoms with Gasteiger partial charge in [-0.25, -0.2) is 4.39 Å². The van der Waals surface area contributed by atoms with Gasteiger partial charge in [0.05, 0.1) is 11.6 Å². The maximum Gasteiger partial charge on any atom is 0.228 e. The van der Waals surface area contributed by atoms with E-state index in [1.54, 1.807) is 12.4 Å². The quantitative estimate of drug-likeness (QED) is 0.732. The Morgan fingerprint density at radius 2 is 2.21 bits per heavy atom. The van der Waals surface area contributed by atoms with Gasteiger partial charge in [0.1, 0.15) is 5.82 Å². The number of hydrogen-bond acceptors (Lipinski definition) is 4. The minimum atomic E-state index is -0.678. The third kappa shape index (κ3) is 3.68. The molecule has 2 amide bonds. The summed E-state index contributed by atoms with van der Waals surface area (Å²) in [6, 6.07) is 7.72. The van der Waals surface area contributed by atoms with Crippen LogP contribution >= 0.6 is 0 Å². The molecule has 2 aromatic rings. The zero-order valence-corrected chi connectivity index (χ0v) is 12.9. The van der Waals surface area contributed by atoms with Crippen LogP contribution in [-0.4, -0.2) is 29.9 Å². The van der Waals surface area contributed by atoms with Crippen molar-refractivity contribution >= 4 is 23.2 Å². The number of rotatable bonds is 5. The first-order chi connectivity index (χ1) is 11.6. The van der Waals surface area contributed by atoms with Gasteiger partial charge in [-0.05, 0) is 35.9 Å². The number of carbonyl (C=O) groups is 2. The Labute approximate surface area is 138 Å². The lowest BCUT2D eigenvalue weighted by Crippen LogP contribution is -2.37. The van der Waals surface area contributed by atoms with Gasteiger partial charge in [-0.1, -0.05) is 0 Å². The maximum absolute atomic E-state index is 13.5. The van der Waals surface area contributed by atoms with E-state index in [-0.39, 0.29) is 18.2 Å². The molecule has 1 aliphatic heterocycles. The van der Waals surface area contributed by atoms with E-state index in [9.17, 15) is 14.0 Å². The monoisotopic (exact) mass is 328 g/mol. The summed E-state index contributed by atoms with van der Waals surface area (Å²) in [4.78, 5) is 28.1. The van der Waals surface area contributed by atoms with Crippen molar-refractivity contribution in [2.75, 3.05) is 23.7 Å². The van der Waals surface area contributed by atoms with Crippen LogP contribution < -0.4 is 16.0 Å². The maximum atomic E-state index is 13.5. The van der Waals surface area contributed by atoms with E-state index in [0.717, 1.165) is 5.69 Å². The molecule has 0 unspecified atom stereocenters. The van der Waals surface area contributed by atoms with Crippen molar-refractivity contribution in [2.45, 2.75) is 12.3 Å². The second-order valence-corrected chi connectivity index (χ2v) is 5.50. The average molecular weight is 328 g/mol. The number of pyridine rings is 1. The number of amides is 2. The van der Waals surface area contributed by atoms with Gasteiger partial charge in [-0.3, -0.25) is 14.6 Å². The number of hydrogen-bond donors (Lipinski definition) is 3. The van der Waals surface area contributed by atoms with Crippen molar-refractivity contribution in [1.29, 1.82) is 0 Å². The van der Waals surface area contributed by atoms with Gasteiger partial charge in [0.15, 0.2) is 0 Å². The van der Waals surface area contributed by atoms with Crippen molar-refractivity contribution in [3.63, 3.8) is 0 Å². The van der Waals surface area contributed by atoms with Gasteiger partial charge in [0.2, 0.25) is 11.8 Å². The molecule has 0 bridgehead atoms. The zero-order chi connectivity index (χ0) is 16.9. The first-order valence-corrected chi connectivity index (χ1v) is 7.64. The van der Waals surface area contributed by atoms with Gasteiger partial charge in [-0.15, -0.1) is 0 Å². The Morgan fingerprint density at radius 1 is 1.33 bits per heavy atom. The van der Waals surface area contributed by atoms with Crippen LogP contribution in [0.25, 0.3) is 0 Å². The third-order valence-electron chi connectivity index (χ3n) is 3.78. The zero-order valence-electron chi connectivity index (χ0n) is 12.9. The van der Waals surface area contributed by atoms with Crippen molar-refractivity contribution in [3.8, 4) is 0 Å². The smallest absolute Gasteiger partial charge is 0.228 e. The normalized spacial score (nSPS) is 16.0. The minimum Gasteiger partial charge on any atom is -0.382 e. The molecule has 1 aliphatic rings. The van der Waals surface area contributed by atoms with Crippen LogP contribution in [0, 0.1) is 5.82 Å². The Hall–Kier alpha value is -2.96. The molecule has 124 valence electrons. The summed E-state index contributed by atoms with van der Waals surface area (Å²) in [5.41, 5.74) is 1.85. The molecule has 0 saturated carbocycles. The van der Waals surface area contributed by atoms with Crippen LogP contribution in [0.15, 0.2) is 42.7 Å². The SMILES string of the molecule is O=C1C[C@H](C(=O)NCCNc2cccnc2)c2cc(F)ccc2N1. The van der Waals surface area contributed by atoms with Crippen LogP contribution in [0.2, 0.25) is 0 Å². The molecule has 2 heterocycles. The van der Waals surface area contributed by atoms with E-state index in [4.69, 9.17) is 0 Å². The summed E-state index contributed by atoms with van der Waals surface area (Å²) in [6.07, 6.45) is 3.38. The van der Waals surface area contributed by atoms with Crippen LogP contribution in [-0.2, 0) is 9.59 Å². The van der Waals surface area contributed by atoms with E-state index in [1.807, 2.05) is 12.1 Å². The number of nitrogens with zero attached hydrogens (tertiary/aromatic N) is 1. The highest BCUT2D eigenvalue weighted by atomic mass is 19.1. The first kappa shape index (κ1) is 15.9. The number of halogens is 1. The molecule has 1 atom stereocenters. The Kier molecular flexibility index (Phi) is 4.69. The fourth-order valence-electron chi connectivity index (χ4n) is 2.65. The van der Waals surface area contributed by atoms with Gasteiger partial charge in [-0.2, -0.15) is 0 Å². The Morgan fingerprint density at radius 3 is 3.00 bits per heavy atom. The van der Waals surface area contributed by atoms with E-state index in [1.165, 1.54) is 18.2 Å². The number of aromatic nitrogens is 1. The summed E-state index contributed by atoms with van der Waals surface area (Å²) in [6.45, 7) is 0.906. The van der Waals surface area contributed by atoms with Gasteiger partial charge < -0.3 is 16.0 Å². The molecule has 6 nitrogen and oxygen atoms in total. The Balaban J connectivity index is 1.59. The molecular weight excluding hydrogens is 311 g/mol. The summed E-state index contributed by atoms with van der Waals surface area (Å²) >= 11 is 0. The van der Waals surface area contributed by atoms with E-state index >= 15 is 0 Å². The molecular formula is C17H17FN4O2.